The zero-order chi connectivity index (χ0) is 33.7. The van der Waals surface area contributed by atoms with E-state index in [4.69, 9.17) is 21.7 Å². The van der Waals surface area contributed by atoms with Gasteiger partial charge in [-0.2, -0.15) is 0 Å². The highest BCUT2D eigenvalue weighted by molar-refractivity contribution is 8.23. The number of amides is 1. The fourth-order valence-electron chi connectivity index (χ4n) is 2.98. The van der Waals surface area contributed by atoms with Crippen LogP contribution in [0.3, 0.4) is 0 Å². The van der Waals surface area contributed by atoms with Gasteiger partial charge in [-0.1, -0.05) is 74.1 Å². The normalized spacial score (nSPS) is 13.0. The van der Waals surface area contributed by atoms with Gasteiger partial charge < -0.3 is 19.3 Å². The molecule has 0 fully saturated rings. The Bertz CT molecular complexity index is 708. The van der Waals surface area contributed by atoms with E-state index in [1.54, 1.807) is 23.7 Å². The molecular formula is C34H72N2O3S2. The Morgan fingerprint density at radius 2 is 1.00 bits per heavy atom. The number of ether oxygens (including phenoxy) is 2. The van der Waals surface area contributed by atoms with E-state index in [1.165, 1.54) is 19.4 Å². The van der Waals surface area contributed by atoms with Crippen LogP contribution in [0.4, 0.5) is 4.79 Å². The van der Waals surface area contributed by atoms with Gasteiger partial charge in [0, 0.05) is 23.9 Å². The number of hydrogen-bond acceptors (Lipinski definition) is 6. The zero-order valence-electron chi connectivity index (χ0n) is 31.2. The second-order valence-corrected chi connectivity index (χ2v) is 19.9. The molecule has 0 heterocycles. The van der Waals surface area contributed by atoms with Crippen molar-refractivity contribution in [3.05, 3.63) is 0 Å². The predicted molar refractivity (Wildman–Crippen MR) is 189 cm³/mol. The van der Waals surface area contributed by atoms with Gasteiger partial charge in [-0.15, -0.1) is 0 Å². The van der Waals surface area contributed by atoms with E-state index in [9.17, 15) is 4.79 Å². The number of hydrogen-bond donors (Lipinski definition) is 0. The van der Waals surface area contributed by atoms with Crippen LogP contribution in [0.15, 0.2) is 0 Å². The highest BCUT2D eigenvalue weighted by Gasteiger charge is 2.21. The monoisotopic (exact) mass is 620 g/mol. The first-order chi connectivity index (χ1) is 17.7. The molecule has 0 aliphatic heterocycles. The van der Waals surface area contributed by atoms with Crippen LogP contribution in [0.2, 0.25) is 0 Å². The van der Waals surface area contributed by atoms with Crippen LogP contribution >= 0.6 is 24.0 Å². The average molecular weight is 621 g/mol. The number of carbonyl (C=O) groups excluding carboxylic acids is 1. The number of nitrogens with zero attached hydrogens (tertiary/aromatic N) is 2. The van der Waals surface area contributed by atoms with Crippen molar-refractivity contribution in [1.82, 2.24) is 9.80 Å². The van der Waals surface area contributed by atoms with Gasteiger partial charge in [0.1, 0.15) is 11.2 Å². The molecule has 0 rings (SSSR count). The third-order valence-corrected chi connectivity index (χ3v) is 6.67. The van der Waals surface area contributed by atoms with E-state index in [1.807, 2.05) is 41.5 Å². The highest BCUT2D eigenvalue weighted by Crippen LogP contribution is 2.27. The molecule has 41 heavy (non-hydrogen) atoms. The summed E-state index contributed by atoms with van der Waals surface area (Å²) in [6, 6.07) is 0. The van der Waals surface area contributed by atoms with Gasteiger partial charge in [0.2, 0.25) is 4.38 Å². The first-order valence-electron chi connectivity index (χ1n) is 15.3. The largest absolute Gasteiger partial charge is 0.473 e. The summed E-state index contributed by atoms with van der Waals surface area (Å²) in [4.78, 5) is 15.7. The van der Waals surface area contributed by atoms with Crippen molar-refractivity contribution >= 4 is 34.5 Å². The van der Waals surface area contributed by atoms with Crippen LogP contribution in [0.1, 0.15) is 150 Å². The molecule has 0 aromatic rings. The molecular weight excluding hydrogens is 549 g/mol. The third-order valence-electron chi connectivity index (χ3n) is 5.47. The highest BCUT2D eigenvalue weighted by atomic mass is 32.2. The van der Waals surface area contributed by atoms with Gasteiger partial charge in [-0.3, -0.25) is 0 Å². The molecule has 0 aliphatic rings. The Labute approximate surface area is 267 Å². The van der Waals surface area contributed by atoms with E-state index in [0.717, 1.165) is 19.4 Å². The van der Waals surface area contributed by atoms with Crippen molar-refractivity contribution in [1.29, 1.82) is 0 Å². The molecule has 1 amide bonds. The van der Waals surface area contributed by atoms with Gasteiger partial charge in [-0.05, 0) is 125 Å². The Hall–Kier alpha value is -0.530. The Balaban J connectivity index is -0.000000535. The van der Waals surface area contributed by atoms with Crippen LogP contribution in [-0.2, 0) is 9.47 Å². The Kier molecular flexibility index (Phi) is 20.1. The molecule has 5 nitrogen and oxygen atoms in total. The number of thiocarbonyl (C=S) groups is 1. The molecule has 0 N–H and O–H groups in total. The smallest absolute Gasteiger partial charge is 0.410 e. The van der Waals surface area contributed by atoms with Crippen LogP contribution in [-0.4, -0.2) is 68.9 Å². The number of carbonyl (C=O) groups is 1. The summed E-state index contributed by atoms with van der Waals surface area (Å²) in [5, 5.41) is 0. The first kappa shape index (κ1) is 44.9. The second kappa shape index (κ2) is 18.3. The summed E-state index contributed by atoms with van der Waals surface area (Å²) in [5.41, 5.74) is 0.552. The van der Waals surface area contributed by atoms with E-state index >= 15 is 0 Å². The summed E-state index contributed by atoms with van der Waals surface area (Å²) >= 11 is 6.68. The van der Waals surface area contributed by atoms with Crippen molar-refractivity contribution in [3.8, 4) is 0 Å². The second-order valence-electron chi connectivity index (χ2n) is 17.5. The third kappa shape index (κ3) is 37.4. The quantitative estimate of drug-likeness (QED) is 0.275. The lowest BCUT2D eigenvalue weighted by molar-refractivity contribution is 0.0292. The maximum Gasteiger partial charge on any atom is 0.410 e. The van der Waals surface area contributed by atoms with Crippen LogP contribution in [0, 0.1) is 10.8 Å². The maximum atomic E-state index is 11.6. The minimum Gasteiger partial charge on any atom is -0.473 e. The molecule has 0 radical (unpaired) electrons. The summed E-state index contributed by atoms with van der Waals surface area (Å²) in [6.07, 6.45) is 4.51. The van der Waals surface area contributed by atoms with Gasteiger partial charge in [0.05, 0.1) is 0 Å². The number of thioether (sulfide) groups is 1. The number of rotatable bonds is 6. The molecule has 0 saturated carbocycles. The zero-order valence-corrected chi connectivity index (χ0v) is 32.8. The van der Waals surface area contributed by atoms with Gasteiger partial charge in [-0.25, -0.2) is 4.79 Å². The molecule has 0 atom stereocenters. The van der Waals surface area contributed by atoms with Crippen molar-refractivity contribution in [2.75, 3.05) is 27.2 Å². The standard InChI is InChI=1S/C13H27NO2.C12H27N.C9H18OS2/c1-12(2,3)9-8-10-14(7)11(15)16-13(4,5)6;1-11(2,3)9-8-10-13(7)12(4,5)6;1-8(2,3)10-7(11)12-9(4,5)6/h8-10H2,1-7H3;8-10H2,1-7H3;1-6H3. The topological polar surface area (TPSA) is 42.0 Å². The SMILES string of the molecule is CC(C)(C)OC(=S)SC(C)(C)C.CN(CCCC(C)(C)C)C(=O)OC(C)(C)C.CN(CCCC(C)(C)C)C(C)(C)C. The van der Waals surface area contributed by atoms with Gasteiger partial charge in [0.25, 0.3) is 0 Å². The molecule has 0 unspecified atom stereocenters. The predicted octanol–water partition coefficient (Wildman–Crippen LogP) is 10.8. The lowest BCUT2D eigenvalue weighted by Gasteiger charge is -2.32. The van der Waals surface area contributed by atoms with Crippen molar-refractivity contribution in [3.63, 3.8) is 0 Å². The lowest BCUT2D eigenvalue weighted by Crippen LogP contribution is -2.38. The summed E-state index contributed by atoms with van der Waals surface area (Å²) in [7, 11) is 4.00. The minimum absolute atomic E-state index is 0.141. The molecule has 0 bridgehead atoms. The van der Waals surface area contributed by atoms with E-state index < -0.39 is 5.60 Å². The molecule has 7 heteroatoms. The lowest BCUT2D eigenvalue weighted by atomic mass is 9.90. The summed E-state index contributed by atoms with van der Waals surface area (Å²) < 4.78 is 11.6. The van der Waals surface area contributed by atoms with Crippen molar-refractivity contribution in [2.45, 2.75) is 172 Å². The molecule has 0 spiro atoms. The summed E-state index contributed by atoms with van der Waals surface area (Å²) in [5.74, 6) is 0. The van der Waals surface area contributed by atoms with Crippen LogP contribution in [0.5, 0.6) is 0 Å². The summed E-state index contributed by atoms with van der Waals surface area (Å²) in [6.45, 7) is 40.3. The Morgan fingerprint density at radius 1 is 0.634 bits per heavy atom. The van der Waals surface area contributed by atoms with Crippen LogP contribution in [0.25, 0.3) is 0 Å². The van der Waals surface area contributed by atoms with Gasteiger partial charge >= 0.3 is 6.09 Å². The molecule has 0 aromatic heterocycles. The van der Waals surface area contributed by atoms with E-state index in [0.29, 0.717) is 20.8 Å². The maximum absolute atomic E-state index is 11.6. The molecule has 248 valence electrons. The van der Waals surface area contributed by atoms with E-state index in [2.05, 4.69) is 95.0 Å². The first-order valence-corrected chi connectivity index (χ1v) is 16.5. The van der Waals surface area contributed by atoms with Crippen LogP contribution < -0.4 is 0 Å². The fraction of sp³-hybridized carbons (Fsp3) is 0.941. The fourth-order valence-corrected chi connectivity index (χ4v) is 4.77. The molecule has 0 aliphatic carbocycles. The molecule has 0 aromatic carbocycles. The van der Waals surface area contributed by atoms with E-state index in [-0.39, 0.29) is 16.4 Å². The van der Waals surface area contributed by atoms with Gasteiger partial charge in [0.15, 0.2) is 0 Å². The minimum atomic E-state index is -0.407. The van der Waals surface area contributed by atoms with Crippen molar-refractivity contribution in [2.24, 2.45) is 10.8 Å². The van der Waals surface area contributed by atoms with Crippen molar-refractivity contribution < 1.29 is 14.3 Å². The average Bonchev–Trinajstić information content (AvgIpc) is 2.61. The Morgan fingerprint density at radius 3 is 1.29 bits per heavy atom. The molecule has 0 saturated heterocycles.